The van der Waals surface area contributed by atoms with Crippen LogP contribution in [0.2, 0.25) is 0 Å². The topological polar surface area (TPSA) is 52.7 Å². The van der Waals surface area contributed by atoms with Crippen molar-refractivity contribution in [2.45, 2.75) is 24.7 Å². The van der Waals surface area contributed by atoms with Crippen LogP contribution in [0.15, 0.2) is 29.2 Å². The summed E-state index contributed by atoms with van der Waals surface area (Å²) in [7, 11) is -3.34. The third-order valence-corrected chi connectivity index (χ3v) is 6.82. The van der Waals surface area contributed by atoms with E-state index in [0.29, 0.717) is 23.9 Å². The Labute approximate surface area is 139 Å². The fourth-order valence-corrected chi connectivity index (χ4v) is 4.88. The lowest BCUT2D eigenvalue weighted by Crippen LogP contribution is -2.50. The van der Waals surface area contributed by atoms with Crippen LogP contribution in [0.25, 0.3) is 0 Å². The molecule has 1 unspecified atom stereocenters. The van der Waals surface area contributed by atoms with Crippen molar-refractivity contribution < 1.29 is 8.42 Å². The summed E-state index contributed by atoms with van der Waals surface area (Å²) in [4.78, 5) is 2.83. The number of piperazine rings is 1. The molecule has 23 heavy (non-hydrogen) atoms. The maximum absolute atomic E-state index is 12.7. The number of benzene rings is 1. The zero-order valence-corrected chi connectivity index (χ0v) is 14.7. The molecule has 0 saturated carbocycles. The van der Waals surface area contributed by atoms with Gasteiger partial charge in [-0.15, -0.1) is 0 Å². The third-order valence-electron chi connectivity index (χ3n) is 4.91. The zero-order chi connectivity index (χ0) is 16.3. The molecule has 1 atom stereocenters. The Morgan fingerprint density at radius 2 is 1.83 bits per heavy atom. The summed E-state index contributed by atoms with van der Waals surface area (Å²) in [6.07, 6.45) is 2.54. The number of hydrogen-bond donors (Lipinski definition) is 1. The molecule has 0 radical (unpaired) electrons. The highest BCUT2D eigenvalue weighted by molar-refractivity contribution is 7.89. The van der Waals surface area contributed by atoms with Crippen LogP contribution >= 0.6 is 0 Å². The Balaban J connectivity index is 1.56. The van der Waals surface area contributed by atoms with E-state index in [4.69, 9.17) is 0 Å². The Morgan fingerprint density at radius 1 is 1.13 bits per heavy atom. The SMILES string of the molecule is Cc1ccc(S(=O)(=O)N2CCN(CC3CCCNC3)CC2)cc1. The van der Waals surface area contributed by atoms with Gasteiger partial charge in [-0.25, -0.2) is 8.42 Å². The number of piperidine rings is 1. The van der Waals surface area contributed by atoms with E-state index >= 15 is 0 Å². The molecule has 0 amide bonds. The van der Waals surface area contributed by atoms with Crippen LogP contribution in [0, 0.1) is 12.8 Å². The molecule has 5 nitrogen and oxygen atoms in total. The Bertz CT molecular complexity index is 601. The quantitative estimate of drug-likeness (QED) is 0.900. The fourth-order valence-electron chi connectivity index (χ4n) is 3.46. The van der Waals surface area contributed by atoms with Gasteiger partial charge in [0.05, 0.1) is 4.90 Å². The molecule has 0 aliphatic carbocycles. The highest BCUT2D eigenvalue weighted by Crippen LogP contribution is 2.19. The van der Waals surface area contributed by atoms with E-state index in [9.17, 15) is 8.42 Å². The molecule has 1 N–H and O–H groups in total. The van der Waals surface area contributed by atoms with Crippen LogP contribution in [0.5, 0.6) is 0 Å². The first-order valence-electron chi connectivity index (χ1n) is 8.55. The van der Waals surface area contributed by atoms with Crippen molar-refractivity contribution in [2.75, 3.05) is 45.8 Å². The van der Waals surface area contributed by atoms with Gasteiger partial charge in [0.2, 0.25) is 10.0 Å². The third kappa shape index (κ3) is 4.12. The van der Waals surface area contributed by atoms with Gasteiger partial charge >= 0.3 is 0 Å². The highest BCUT2D eigenvalue weighted by atomic mass is 32.2. The minimum Gasteiger partial charge on any atom is -0.316 e. The maximum Gasteiger partial charge on any atom is 0.243 e. The summed E-state index contributed by atoms with van der Waals surface area (Å²) in [5.74, 6) is 0.712. The van der Waals surface area contributed by atoms with E-state index in [2.05, 4.69) is 10.2 Å². The van der Waals surface area contributed by atoms with Gasteiger partial charge in [0.15, 0.2) is 0 Å². The van der Waals surface area contributed by atoms with Crippen LogP contribution in [0.4, 0.5) is 0 Å². The number of sulfonamides is 1. The lowest BCUT2D eigenvalue weighted by molar-refractivity contribution is 0.154. The summed E-state index contributed by atoms with van der Waals surface area (Å²) in [6.45, 7) is 8.15. The summed E-state index contributed by atoms with van der Waals surface area (Å²) in [5.41, 5.74) is 1.08. The summed E-state index contributed by atoms with van der Waals surface area (Å²) in [5, 5.41) is 3.45. The maximum atomic E-state index is 12.7. The van der Waals surface area contributed by atoms with Gasteiger partial charge in [-0.3, -0.25) is 0 Å². The number of hydrogen-bond acceptors (Lipinski definition) is 4. The van der Waals surface area contributed by atoms with Crippen molar-refractivity contribution in [3.8, 4) is 0 Å². The molecule has 1 aromatic rings. The molecular formula is C17H27N3O2S. The molecule has 128 valence electrons. The van der Waals surface area contributed by atoms with Gasteiger partial charge < -0.3 is 10.2 Å². The predicted molar refractivity (Wildman–Crippen MR) is 92.0 cm³/mol. The van der Waals surface area contributed by atoms with Crippen LogP contribution < -0.4 is 5.32 Å². The molecule has 2 aliphatic heterocycles. The molecule has 2 fully saturated rings. The fraction of sp³-hybridized carbons (Fsp3) is 0.647. The lowest BCUT2D eigenvalue weighted by atomic mass is 9.99. The van der Waals surface area contributed by atoms with Crippen molar-refractivity contribution in [2.24, 2.45) is 5.92 Å². The Hall–Kier alpha value is -0.950. The molecular weight excluding hydrogens is 310 g/mol. The molecule has 3 rings (SSSR count). The minimum atomic E-state index is -3.34. The second kappa shape index (κ2) is 7.30. The van der Waals surface area contributed by atoms with E-state index in [1.807, 2.05) is 19.1 Å². The van der Waals surface area contributed by atoms with E-state index in [1.54, 1.807) is 16.4 Å². The molecule has 0 aromatic heterocycles. The Morgan fingerprint density at radius 3 is 2.43 bits per heavy atom. The van der Waals surface area contributed by atoms with Crippen LogP contribution in [0.3, 0.4) is 0 Å². The van der Waals surface area contributed by atoms with E-state index in [-0.39, 0.29) is 0 Å². The van der Waals surface area contributed by atoms with Crippen molar-refractivity contribution in [1.29, 1.82) is 0 Å². The molecule has 1 aromatic carbocycles. The van der Waals surface area contributed by atoms with Gasteiger partial charge in [0.25, 0.3) is 0 Å². The zero-order valence-electron chi connectivity index (χ0n) is 13.9. The largest absolute Gasteiger partial charge is 0.316 e. The van der Waals surface area contributed by atoms with Crippen molar-refractivity contribution in [3.63, 3.8) is 0 Å². The predicted octanol–water partition coefficient (Wildman–Crippen LogP) is 1.30. The van der Waals surface area contributed by atoms with Crippen LogP contribution in [-0.2, 0) is 10.0 Å². The van der Waals surface area contributed by atoms with E-state index in [0.717, 1.165) is 38.3 Å². The van der Waals surface area contributed by atoms with Gasteiger partial charge in [-0.1, -0.05) is 17.7 Å². The molecule has 2 aliphatic rings. The van der Waals surface area contributed by atoms with Gasteiger partial charge in [0.1, 0.15) is 0 Å². The number of nitrogens with one attached hydrogen (secondary N) is 1. The smallest absolute Gasteiger partial charge is 0.243 e. The lowest BCUT2D eigenvalue weighted by Gasteiger charge is -2.36. The van der Waals surface area contributed by atoms with Gasteiger partial charge in [-0.2, -0.15) is 4.31 Å². The second-order valence-electron chi connectivity index (χ2n) is 6.73. The van der Waals surface area contributed by atoms with E-state index < -0.39 is 10.0 Å². The Kier molecular flexibility index (Phi) is 5.36. The first kappa shape index (κ1) is 16.9. The van der Waals surface area contributed by atoms with Crippen molar-refractivity contribution >= 4 is 10.0 Å². The molecule has 0 bridgehead atoms. The standard InChI is InChI=1S/C17H27N3O2S/c1-15-4-6-17(7-5-15)23(21,22)20-11-9-19(10-12-20)14-16-3-2-8-18-13-16/h4-7,16,18H,2-3,8-14H2,1H3. The molecule has 0 spiro atoms. The second-order valence-corrected chi connectivity index (χ2v) is 8.67. The van der Waals surface area contributed by atoms with Gasteiger partial charge in [-0.05, 0) is 50.9 Å². The molecule has 2 heterocycles. The summed E-state index contributed by atoms with van der Waals surface area (Å²) < 4.78 is 27.0. The molecule has 6 heteroatoms. The average molecular weight is 337 g/mol. The minimum absolute atomic E-state index is 0.410. The van der Waals surface area contributed by atoms with Crippen molar-refractivity contribution in [1.82, 2.24) is 14.5 Å². The molecule has 2 saturated heterocycles. The summed E-state index contributed by atoms with van der Waals surface area (Å²) >= 11 is 0. The van der Waals surface area contributed by atoms with Crippen LogP contribution in [-0.4, -0.2) is 63.4 Å². The first-order valence-corrected chi connectivity index (χ1v) is 9.99. The summed E-state index contributed by atoms with van der Waals surface area (Å²) in [6, 6.07) is 7.15. The number of rotatable bonds is 4. The van der Waals surface area contributed by atoms with Crippen LogP contribution in [0.1, 0.15) is 18.4 Å². The van der Waals surface area contributed by atoms with E-state index in [1.165, 1.54) is 12.8 Å². The normalized spacial score (nSPS) is 24.7. The first-order chi connectivity index (χ1) is 11.1. The van der Waals surface area contributed by atoms with Crippen molar-refractivity contribution in [3.05, 3.63) is 29.8 Å². The average Bonchev–Trinajstić information content (AvgIpc) is 2.57. The number of aryl methyl sites for hydroxylation is 1. The van der Waals surface area contributed by atoms with Gasteiger partial charge in [0, 0.05) is 32.7 Å². The highest BCUT2D eigenvalue weighted by Gasteiger charge is 2.29. The number of nitrogens with zero attached hydrogens (tertiary/aromatic N) is 2. The monoisotopic (exact) mass is 337 g/mol.